The first-order valence-corrected chi connectivity index (χ1v) is 12.4. The van der Waals surface area contributed by atoms with Gasteiger partial charge < -0.3 is 10.6 Å². The fourth-order valence-electron chi connectivity index (χ4n) is 3.91. The average Bonchev–Trinajstić information content (AvgIpc) is 2.94. The van der Waals surface area contributed by atoms with Crippen LogP contribution < -0.4 is 10.6 Å². The van der Waals surface area contributed by atoms with Crippen LogP contribution in [0.2, 0.25) is 5.02 Å². The van der Waals surface area contributed by atoms with Crippen LogP contribution in [0.25, 0.3) is 33.2 Å². The Labute approximate surface area is 226 Å². The number of nitrogens with zero attached hydrogens (tertiary/aromatic N) is 3. The number of aliphatic imine (C=N–C) groups is 1. The molecule has 3 aromatic carbocycles. The molecule has 0 aliphatic heterocycles. The van der Waals surface area contributed by atoms with E-state index < -0.39 is 0 Å². The Hall–Kier alpha value is -4.62. The summed E-state index contributed by atoms with van der Waals surface area (Å²) in [5.74, 6) is -0.00771. The van der Waals surface area contributed by atoms with Crippen molar-refractivity contribution < 1.29 is 9.59 Å². The van der Waals surface area contributed by atoms with E-state index in [0.717, 1.165) is 33.2 Å². The summed E-state index contributed by atoms with van der Waals surface area (Å²) in [6.45, 7) is 7.28. The van der Waals surface area contributed by atoms with Gasteiger partial charge in [0.1, 0.15) is 12.2 Å². The van der Waals surface area contributed by atoms with Gasteiger partial charge in [-0.2, -0.15) is 0 Å². The van der Waals surface area contributed by atoms with Crippen LogP contribution in [0, 0.1) is 0 Å². The largest absolute Gasteiger partial charge is 0.323 e. The van der Waals surface area contributed by atoms with Gasteiger partial charge in [0.2, 0.25) is 5.91 Å². The standard InChI is InChI=1S/C30H26ClN5O2/c1-4-12-33-27(5-2)36-30(38)20-10-11-24(26(31)16-20)21-13-22-17-32-18-34-29(22)25(15-21)19-8-7-9-23(14-19)35-28(37)6-3/h4,6-18H,3,5H2,1-2H3,(H,35,37)(H,33,36,38)/b12-4-. The highest BCUT2D eigenvalue weighted by Gasteiger charge is 2.15. The molecule has 0 spiro atoms. The lowest BCUT2D eigenvalue weighted by Gasteiger charge is -2.13. The van der Waals surface area contributed by atoms with Crippen LogP contribution in [0.1, 0.15) is 30.6 Å². The molecule has 7 nitrogen and oxygen atoms in total. The van der Waals surface area contributed by atoms with Gasteiger partial charge in [-0.3, -0.25) is 9.59 Å². The molecule has 2 N–H and O–H groups in total. The maximum Gasteiger partial charge on any atom is 0.256 e. The van der Waals surface area contributed by atoms with E-state index in [1.165, 1.54) is 12.4 Å². The monoisotopic (exact) mass is 523 g/mol. The molecule has 4 aromatic rings. The smallest absolute Gasteiger partial charge is 0.256 e. The first-order chi connectivity index (χ1) is 18.4. The highest BCUT2D eigenvalue weighted by molar-refractivity contribution is 6.34. The Balaban J connectivity index is 1.74. The molecule has 38 heavy (non-hydrogen) atoms. The maximum atomic E-state index is 12.8. The number of allylic oxidation sites excluding steroid dienone is 1. The minimum Gasteiger partial charge on any atom is -0.323 e. The molecule has 1 heterocycles. The topological polar surface area (TPSA) is 96.3 Å². The van der Waals surface area contributed by atoms with Crippen LogP contribution in [0.3, 0.4) is 0 Å². The molecule has 0 radical (unpaired) electrons. The number of benzene rings is 3. The van der Waals surface area contributed by atoms with E-state index >= 15 is 0 Å². The first kappa shape index (κ1) is 26.4. The van der Waals surface area contributed by atoms with Gasteiger partial charge >= 0.3 is 0 Å². The molecule has 0 fully saturated rings. The van der Waals surface area contributed by atoms with Gasteiger partial charge in [0.15, 0.2) is 0 Å². The van der Waals surface area contributed by atoms with Gasteiger partial charge in [-0.05, 0) is 60.5 Å². The number of amidine groups is 1. The van der Waals surface area contributed by atoms with Crippen LogP contribution in [0.15, 0.2) is 97.0 Å². The van der Waals surface area contributed by atoms with E-state index in [4.69, 9.17) is 11.6 Å². The molecule has 1 aromatic heterocycles. The third-order valence-electron chi connectivity index (χ3n) is 5.75. The minimum absolute atomic E-state index is 0.283. The van der Waals surface area contributed by atoms with E-state index in [-0.39, 0.29) is 11.8 Å². The summed E-state index contributed by atoms with van der Waals surface area (Å²) in [7, 11) is 0. The van der Waals surface area contributed by atoms with Crippen LogP contribution in [0.5, 0.6) is 0 Å². The summed E-state index contributed by atoms with van der Waals surface area (Å²) in [5.41, 5.74) is 5.12. The average molecular weight is 524 g/mol. The van der Waals surface area contributed by atoms with E-state index in [1.54, 1.807) is 36.7 Å². The molecule has 0 atom stereocenters. The number of hydrogen-bond donors (Lipinski definition) is 2. The van der Waals surface area contributed by atoms with Crippen molar-refractivity contribution in [3.05, 3.63) is 103 Å². The second-order valence-electron chi connectivity index (χ2n) is 8.32. The summed E-state index contributed by atoms with van der Waals surface area (Å²) in [4.78, 5) is 37.5. The number of anilines is 1. The zero-order valence-corrected chi connectivity index (χ0v) is 21.8. The van der Waals surface area contributed by atoms with Crippen molar-refractivity contribution in [2.75, 3.05) is 5.32 Å². The normalized spacial score (nSPS) is 11.5. The zero-order valence-electron chi connectivity index (χ0n) is 21.0. The summed E-state index contributed by atoms with van der Waals surface area (Å²) >= 11 is 6.70. The second kappa shape index (κ2) is 12.1. The second-order valence-corrected chi connectivity index (χ2v) is 8.73. The predicted molar refractivity (Wildman–Crippen MR) is 154 cm³/mol. The van der Waals surface area contributed by atoms with Gasteiger partial charge in [-0.15, -0.1) is 0 Å². The third-order valence-corrected chi connectivity index (χ3v) is 6.06. The van der Waals surface area contributed by atoms with Crippen molar-refractivity contribution >= 4 is 45.8 Å². The zero-order chi connectivity index (χ0) is 27.1. The highest BCUT2D eigenvalue weighted by atomic mass is 35.5. The molecule has 0 aliphatic rings. The molecule has 0 saturated heterocycles. The van der Waals surface area contributed by atoms with Gasteiger partial charge in [0.05, 0.1) is 5.52 Å². The lowest BCUT2D eigenvalue weighted by atomic mass is 9.95. The van der Waals surface area contributed by atoms with Gasteiger partial charge in [0.25, 0.3) is 5.91 Å². The molecule has 4 rings (SSSR count). The van der Waals surface area contributed by atoms with E-state index in [0.29, 0.717) is 28.5 Å². The van der Waals surface area contributed by atoms with E-state index in [1.807, 2.05) is 50.2 Å². The van der Waals surface area contributed by atoms with Crippen molar-refractivity contribution in [1.29, 1.82) is 0 Å². The number of carbonyl (C=O) groups excluding carboxylic acids is 2. The van der Waals surface area contributed by atoms with Crippen molar-refractivity contribution in [1.82, 2.24) is 15.3 Å². The van der Waals surface area contributed by atoms with Crippen molar-refractivity contribution in [3.8, 4) is 22.3 Å². The number of halogens is 1. The van der Waals surface area contributed by atoms with Crippen molar-refractivity contribution in [2.24, 2.45) is 4.99 Å². The highest BCUT2D eigenvalue weighted by Crippen LogP contribution is 2.36. The SMILES string of the molecule is C=CC(=O)Nc1cccc(-c2cc(-c3ccc(C(=O)NC(CC)=N/C=C\C)cc3Cl)cc3cncnc23)c1. The molecule has 190 valence electrons. The van der Waals surface area contributed by atoms with Crippen molar-refractivity contribution in [2.45, 2.75) is 20.3 Å². The Morgan fingerprint density at radius 3 is 2.66 bits per heavy atom. The quantitative estimate of drug-likeness (QED) is 0.158. The molecule has 0 saturated carbocycles. The summed E-state index contributed by atoms with van der Waals surface area (Å²) in [6, 6.07) is 16.6. The minimum atomic E-state index is -0.293. The molecular formula is C30H26ClN5O2. The summed E-state index contributed by atoms with van der Waals surface area (Å²) < 4.78 is 0. The Morgan fingerprint density at radius 1 is 1.08 bits per heavy atom. The number of aromatic nitrogens is 2. The molecule has 2 amide bonds. The third kappa shape index (κ3) is 6.02. The van der Waals surface area contributed by atoms with Crippen molar-refractivity contribution in [3.63, 3.8) is 0 Å². The lowest BCUT2D eigenvalue weighted by Crippen LogP contribution is -2.29. The summed E-state index contributed by atoms with van der Waals surface area (Å²) in [5, 5.41) is 6.87. The maximum absolute atomic E-state index is 12.8. The van der Waals surface area contributed by atoms with Crippen LogP contribution in [0.4, 0.5) is 5.69 Å². The Kier molecular flexibility index (Phi) is 8.40. The number of nitrogens with one attached hydrogen (secondary N) is 2. The molecule has 0 aliphatic carbocycles. The van der Waals surface area contributed by atoms with Crippen LogP contribution in [-0.2, 0) is 4.79 Å². The molecule has 0 unspecified atom stereocenters. The number of amides is 2. The van der Waals surface area contributed by atoms with E-state index in [9.17, 15) is 9.59 Å². The number of rotatable bonds is 7. The molecular weight excluding hydrogens is 498 g/mol. The number of fused-ring (bicyclic) bond motifs is 1. The van der Waals surface area contributed by atoms with Gasteiger partial charge in [0, 0.05) is 51.6 Å². The lowest BCUT2D eigenvalue weighted by molar-refractivity contribution is -0.111. The van der Waals surface area contributed by atoms with Gasteiger partial charge in [-0.1, -0.05) is 49.4 Å². The summed E-state index contributed by atoms with van der Waals surface area (Å²) in [6.07, 6.45) is 8.48. The molecule has 8 heteroatoms. The molecule has 0 bridgehead atoms. The first-order valence-electron chi connectivity index (χ1n) is 12.0. The van der Waals surface area contributed by atoms with E-state index in [2.05, 4.69) is 32.2 Å². The van der Waals surface area contributed by atoms with Crippen LogP contribution >= 0.6 is 11.6 Å². The Morgan fingerprint density at radius 2 is 1.92 bits per heavy atom. The number of carbonyl (C=O) groups is 2. The fraction of sp³-hybridized carbons (Fsp3) is 0.100. The predicted octanol–water partition coefficient (Wildman–Crippen LogP) is 6.81. The van der Waals surface area contributed by atoms with Crippen LogP contribution in [-0.4, -0.2) is 27.6 Å². The number of hydrogen-bond acceptors (Lipinski definition) is 5. The van der Waals surface area contributed by atoms with Gasteiger partial charge in [-0.25, -0.2) is 15.0 Å². The Bertz CT molecular complexity index is 1590. The fourth-order valence-corrected chi connectivity index (χ4v) is 4.20.